The molecule has 8 aromatic carbocycles. The van der Waals surface area contributed by atoms with Crippen molar-refractivity contribution in [2.45, 2.75) is 157 Å². The lowest BCUT2D eigenvalue weighted by atomic mass is 10.1. The normalized spacial score (nSPS) is 15.5. The molecule has 5 aliphatic rings. The minimum Gasteiger partial charge on any atom is -0.372 e. The third kappa shape index (κ3) is 18.3. The minimum absolute atomic E-state index is 0.119. The topological polar surface area (TPSA) is 156 Å². The largest absolute Gasteiger partial charge is 0.372 e. The molecule has 17 nitrogen and oxygen atoms in total. The molecule has 109 heavy (non-hydrogen) atoms. The van der Waals surface area contributed by atoms with Crippen LogP contribution in [-0.2, 0) is 26.2 Å². The highest BCUT2D eigenvalue weighted by molar-refractivity contribution is 6.31. The van der Waals surface area contributed by atoms with Crippen LogP contribution in [0.15, 0.2) is 170 Å². The number of halogens is 2. The minimum atomic E-state index is 0.119. The highest BCUT2D eigenvalue weighted by atomic mass is 35.5. The second-order valence-electron chi connectivity index (χ2n) is 30.2. The molecule has 5 saturated heterocycles. The first kappa shape index (κ1) is 75.7. The second-order valence-corrected chi connectivity index (χ2v) is 31.0. The molecule has 17 rings (SSSR count). The number of anilines is 1. The maximum absolute atomic E-state index is 13.0. The summed E-state index contributed by atoms with van der Waals surface area (Å²) in [5, 5.41) is 1.46. The number of benzene rings is 8. The Morgan fingerprint density at radius 1 is 0.294 bits per heavy atom. The van der Waals surface area contributed by atoms with Crippen LogP contribution in [0.4, 0.5) is 5.69 Å². The van der Waals surface area contributed by atoms with Crippen LogP contribution >= 0.6 is 23.2 Å². The van der Waals surface area contributed by atoms with Crippen molar-refractivity contribution in [2.75, 3.05) is 70.3 Å². The van der Waals surface area contributed by atoms with E-state index in [9.17, 15) is 19.2 Å². The van der Waals surface area contributed by atoms with Crippen molar-refractivity contribution < 1.29 is 19.2 Å². The molecule has 0 N–H and O–H groups in total. The first-order valence-corrected chi connectivity index (χ1v) is 40.2. The van der Waals surface area contributed by atoms with Gasteiger partial charge in [-0.2, -0.15) is 0 Å². The zero-order valence-corrected chi connectivity index (χ0v) is 65.4. The van der Waals surface area contributed by atoms with Crippen LogP contribution in [0.1, 0.15) is 189 Å². The summed E-state index contributed by atoms with van der Waals surface area (Å²) < 4.78 is 8.78. The SMILES string of the molecule is Cc1cccc(Cn2c(C)nc3cc(C(=O)N4CCCCC4)ccc32)c1.Cc1nc2cc(C(=O)N3CCCCC3)ccc2n1Cc1cccc(Cl)c1.Cc1nc2ccc(C(=O)N3CCCCC3)cc2n1Cc1cccc(Cl)c1.Cc1nc2ccc(C(=O)N3CCCCC3)cc2n1Cc1cccc(N2CCCCC2)c1. The van der Waals surface area contributed by atoms with Crippen molar-refractivity contribution in [1.82, 2.24) is 57.8 Å². The van der Waals surface area contributed by atoms with Gasteiger partial charge in [-0.15, -0.1) is 0 Å². The smallest absolute Gasteiger partial charge is 0.253 e. The maximum atomic E-state index is 13.0. The molecule has 12 aromatic rings. The van der Waals surface area contributed by atoms with E-state index in [2.05, 4.69) is 108 Å². The summed E-state index contributed by atoms with van der Waals surface area (Å²) in [6, 6.07) is 56.8. The number of piperidine rings is 5. The molecular formula is C90H101Cl2N13O4. The molecule has 0 saturated carbocycles. The van der Waals surface area contributed by atoms with Crippen LogP contribution in [0.5, 0.6) is 0 Å². The number of fused-ring (bicyclic) bond motifs is 4. The highest BCUT2D eigenvalue weighted by Crippen LogP contribution is 2.30. The molecular weight excluding hydrogens is 1400 g/mol. The van der Waals surface area contributed by atoms with Crippen LogP contribution in [0, 0.1) is 34.6 Å². The van der Waals surface area contributed by atoms with Gasteiger partial charge in [-0.1, -0.05) is 89.4 Å². The molecule has 0 bridgehead atoms. The number of rotatable bonds is 13. The Morgan fingerprint density at radius 2 is 0.596 bits per heavy atom. The van der Waals surface area contributed by atoms with Crippen molar-refractivity contribution in [1.29, 1.82) is 0 Å². The number of carbonyl (C=O) groups is 4. The van der Waals surface area contributed by atoms with E-state index >= 15 is 0 Å². The lowest BCUT2D eigenvalue weighted by Gasteiger charge is -2.29. The molecule has 0 unspecified atom stereocenters. The zero-order valence-electron chi connectivity index (χ0n) is 63.9. The molecule has 9 heterocycles. The van der Waals surface area contributed by atoms with Crippen LogP contribution in [0.2, 0.25) is 10.0 Å². The van der Waals surface area contributed by atoms with E-state index in [1.165, 1.54) is 67.3 Å². The van der Waals surface area contributed by atoms with Crippen LogP contribution in [-0.4, -0.2) is 147 Å². The van der Waals surface area contributed by atoms with E-state index in [-0.39, 0.29) is 23.6 Å². The lowest BCUT2D eigenvalue weighted by molar-refractivity contribution is 0.0717. The summed E-state index contributed by atoms with van der Waals surface area (Å²) in [7, 11) is 0. The van der Waals surface area contributed by atoms with Gasteiger partial charge in [0.05, 0.1) is 44.1 Å². The standard InChI is InChI=1S/C26H32N4O.C22H25N3O.2C21H22ClN3O/c1-20-27-24-12-11-22(26(31)29-15-6-3-7-16-29)18-25(24)30(20)19-21-9-8-10-23(17-21)28-13-4-2-5-14-28;1-16-7-6-8-18(13-16)15-25-17(2)23-20-14-19(9-10-21(20)25)22(26)24-11-4-3-5-12-24;1-15-23-19-13-17(21(26)24-10-3-2-4-11-24)8-9-20(19)25(15)14-16-6-5-7-18(22)12-16;1-15-23-19-9-8-17(21(26)24-10-3-2-4-11-24)13-20(19)25(15)14-16-6-5-7-18(22)12-16/h8-12,17-18H,2-7,13-16,19H2,1H3;6-10,13-14H,3-5,11-12,15H2,1-2H3;2*5-9,12-13H,2-4,10-11,14H2,1H3. The first-order valence-electron chi connectivity index (χ1n) is 39.5. The fourth-order valence-electron chi connectivity index (χ4n) is 16.3. The Kier molecular flexibility index (Phi) is 24.4. The van der Waals surface area contributed by atoms with E-state index in [0.717, 1.165) is 241 Å². The number of hydrogen-bond acceptors (Lipinski definition) is 9. The monoisotopic (exact) mass is 1500 g/mol. The lowest BCUT2D eigenvalue weighted by Crippen LogP contribution is -2.35. The van der Waals surface area contributed by atoms with Crippen molar-refractivity contribution >= 4 is 96.7 Å². The molecule has 5 aliphatic heterocycles. The molecule has 0 radical (unpaired) electrons. The Balaban J connectivity index is 0.000000122. The van der Waals surface area contributed by atoms with Gasteiger partial charge in [-0.25, -0.2) is 19.9 Å². The van der Waals surface area contributed by atoms with E-state index < -0.39 is 0 Å². The third-order valence-electron chi connectivity index (χ3n) is 22.2. The molecule has 564 valence electrons. The number of hydrogen-bond donors (Lipinski definition) is 0. The number of amides is 4. The molecule has 4 aromatic heterocycles. The van der Waals surface area contributed by atoms with Crippen LogP contribution in [0.3, 0.4) is 0 Å². The van der Waals surface area contributed by atoms with Crippen molar-refractivity contribution in [3.8, 4) is 0 Å². The number of imidazole rings is 4. The van der Waals surface area contributed by atoms with Gasteiger partial charge in [0.25, 0.3) is 23.6 Å². The van der Waals surface area contributed by atoms with Gasteiger partial charge in [0, 0.05) is 130 Å². The van der Waals surface area contributed by atoms with Gasteiger partial charge in [0.2, 0.25) is 0 Å². The molecule has 0 aliphatic carbocycles. The summed E-state index contributed by atoms with van der Waals surface area (Å²) in [6.07, 6.45) is 17.6. The van der Waals surface area contributed by atoms with Crippen LogP contribution in [0.25, 0.3) is 44.1 Å². The van der Waals surface area contributed by atoms with Crippen LogP contribution < -0.4 is 4.90 Å². The van der Waals surface area contributed by atoms with E-state index in [1.54, 1.807) is 0 Å². The Hall–Kier alpha value is -10.1. The predicted molar refractivity (Wildman–Crippen MR) is 440 cm³/mol. The first-order chi connectivity index (χ1) is 53.0. The fraction of sp³-hybridized carbons (Fsp3) is 0.378. The summed E-state index contributed by atoms with van der Waals surface area (Å²) in [6.45, 7) is 22.4. The van der Waals surface area contributed by atoms with Gasteiger partial charge in [0.1, 0.15) is 23.3 Å². The predicted octanol–water partition coefficient (Wildman–Crippen LogP) is 18.7. The summed E-state index contributed by atoms with van der Waals surface area (Å²) in [5.41, 5.74) is 18.2. The van der Waals surface area contributed by atoms with E-state index in [0.29, 0.717) is 13.1 Å². The number of likely N-dealkylation sites (tertiary alicyclic amines) is 4. The number of aryl methyl sites for hydroxylation is 5. The van der Waals surface area contributed by atoms with E-state index in [1.807, 2.05) is 150 Å². The van der Waals surface area contributed by atoms with Gasteiger partial charge >= 0.3 is 0 Å². The van der Waals surface area contributed by atoms with Gasteiger partial charge < -0.3 is 42.8 Å². The molecule has 0 spiro atoms. The Bertz CT molecular complexity index is 5080. The molecule has 19 heteroatoms. The average Bonchev–Trinajstić information content (AvgIpc) is 1.67. The average molecular weight is 1500 g/mol. The van der Waals surface area contributed by atoms with Crippen molar-refractivity contribution in [3.05, 3.63) is 253 Å². The number of carbonyl (C=O) groups excluding carboxylic acids is 4. The number of nitrogens with zero attached hydrogens (tertiary/aromatic N) is 13. The highest BCUT2D eigenvalue weighted by Gasteiger charge is 2.25. The van der Waals surface area contributed by atoms with Gasteiger partial charge in [-0.05, 0) is 262 Å². The quantitative estimate of drug-likeness (QED) is 0.110. The number of aromatic nitrogens is 8. The second kappa shape index (κ2) is 35.1. The van der Waals surface area contributed by atoms with Crippen molar-refractivity contribution in [2.24, 2.45) is 0 Å². The summed E-state index contributed by atoms with van der Waals surface area (Å²) in [5.74, 6) is 4.36. The Morgan fingerprint density at radius 3 is 0.963 bits per heavy atom. The Labute approximate surface area is 650 Å². The molecule has 5 fully saturated rings. The van der Waals surface area contributed by atoms with Gasteiger partial charge in [-0.3, -0.25) is 19.2 Å². The van der Waals surface area contributed by atoms with Gasteiger partial charge in [0.15, 0.2) is 0 Å². The summed E-state index contributed by atoms with van der Waals surface area (Å²) >= 11 is 12.2. The van der Waals surface area contributed by atoms with E-state index in [4.69, 9.17) is 33.2 Å². The third-order valence-corrected chi connectivity index (χ3v) is 22.6. The molecule has 4 amide bonds. The fourth-order valence-corrected chi connectivity index (χ4v) is 16.7. The van der Waals surface area contributed by atoms with Crippen molar-refractivity contribution in [3.63, 3.8) is 0 Å². The summed E-state index contributed by atoms with van der Waals surface area (Å²) in [4.78, 5) is 80.6. The maximum Gasteiger partial charge on any atom is 0.253 e. The zero-order chi connectivity index (χ0) is 75.5. The molecule has 0 atom stereocenters.